The molecule has 0 saturated heterocycles. The van der Waals surface area contributed by atoms with Crippen LogP contribution in [0.2, 0.25) is 0 Å². The minimum absolute atomic E-state index is 0.437. The number of nitrogens with one attached hydrogen (secondary N) is 1. The highest BCUT2D eigenvalue weighted by atomic mass is 16.5. The van der Waals surface area contributed by atoms with Crippen LogP contribution < -0.4 is 5.32 Å². The van der Waals surface area contributed by atoms with Crippen molar-refractivity contribution in [2.24, 2.45) is 17.8 Å². The van der Waals surface area contributed by atoms with Crippen molar-refractivity contribution in [3.05, 3.63) is 12.2 Å². The standard InChI is InChI=1S/C17H33NO/c1-6-9-18-11-15(5)12-19-17-10-14(4)7-8-16(17)13(2)3/h13-14,16-18H,5-12H2,1-4H3. The van der Waals surface area contributed by atoms with Gasteiger partial charge in [0.15, 0.2) is 0 Å². The summed E-state index contributed by atoms with van der Waals surface area (Å²) in [6, 6.07) is 0. The van der Waals surface area contributed by atoms with Crippen LogP contribution in [0.4, 0.5) is 0 Å². The van der Waals surface area contributed by atoms with Crippen LogP contribution in [0.15, 0.2) is 12.2 Å². The van der Waals surface area contributed by atoms with Gasteiger partial charge in [-0.15, -0.1) is 0 Å². The molecule has 1 saturated carbocycles. The summed E-state index contributed by atoms with van der Waals surface area (Å²) >= 11 is 0. The lowest BCUT2D eigenvalue weighted by Crippen LogP contribution is -2.35. The Bertz CT molecular complexity index is 262. The molecule has 0 bridgehead atoms. The third-order valence-corrected chi connectivity index (χ3v) is 4.26. The normalized spacial score (nSPS) is 27.7. The zero-order valence-electron chi connectivity index (χ0n) is 13.4. The first-order valence-corrected chi connectivity index (χ1v) is 8.03. The third-order valence-electron chi connectivity index (χ3n) is 4.26. The highest BCUT2D eigenvalue weighted by Crippen LogP contribution is 2.35. The van der Waals surface area contributed by atoms with E-state index in [1.165, 1.54) is 31.3 Å². The first kappa shape index (κ1) is 16.7. The lowest BCUT2D eigenvalue weighted by Gasteiger charge is -2.37. The molecule has 1 rings (SSSR count). The highest BCUT2D eigenvalue weighted by Gasteiger charge is 2.31. The maximum Gasteiger partial charge on any atom is 0.0690 e. The van der Waals surface area contributed by atoms with E-state index in [1.54, 1.807) is 0 Å². The molecule has 0 aliphatic heterocycles. The lowest BCUT2D eigenvalue weighted by atomic mass is 9.75. The summed E-state index contributed by atoms with van der Waals surface area (Å²) in [5.41, 5.74) is 1.18. The zero-order valence-corrected chi connectivity index (χ0v) is 13.4. The molecule has 1 fully saturated rings. The summed E-state index contributed by atoms with van der Waals surface area (Å²) in [6.07, 6.45) is 5.51. The smallest absolute Gasteiger partial charge is 0.0690 e. The average molecular weight is 267 g/mol. The van der Waals surface area contributed by atoms with Crippen molar-refractivity contribution < 1.29 is 4.74 Å². The Hall–Kier alpha value is -0.340. The van der Waals surface area contributed by atoms with Gasteiger partial charge in [-0.05, 0) is 49.1 Å². The topological polar surface area (TPSA) is 21.3 Å². The van der Waals surface area contributed by atoms with E-state index < -0.39 is 0 Å². The van der Waals surface area contributed by atoms with Gasteiger partial charge in [-0.1, -0.05) is 40.7 Å². The Morgan fingerprint density at radius 1 is 1.37 bits per heavy atom. The zero-order chi connectivity index (χ0) is 14.3. The summed E-state index contributed by atoms with van der Waals surface area (Å²) in [4.78, 5) is 0. The molecule has 19 heavy (non-hydrogen) atoms. The van der Waals surface area contributed by atoms with Crippen LogP contribution in [-0.2, 0) is 4.74 Å². The average Bonchev–Trinajstić information content (AvgIpc) is 2.36. The number of hydrogen-bond acceptors (Lipinski definition) is 2. The molecule has 3 unspecified atom stereocenters. The Balaban J connectivity index is 2.33. The van der Waals surface area contributed by atoms with Crippen molar-refractivity contribution in [1.29, 1.82) is 0 Å². The van der Waals surface area contributed by atoms with Gasteiger partial charge in [-0.3, -0.25) is 0 Å². The molecule has 0 heterocycles. The molecular weight excluding hydrogens is 234 g/mol. The van der Waals surface area contributed by atoms with Crippen LogP contribution in [-0.4, -0.2) is 25.8 Å². The molecule has 0 aromatic rings. The molecular formula is C17H33NO. The molecule has 3 atom stereocenters. The van der Waals surface area contributed by atoms with Crippen molar-refractivity contribution in [3.8, 4) is 0 Å². The Kier molecular flexibility index (Phi) is 7.70. The van der Waals surface area contributed by atoms with E-state index in [2.05, 4.69) is 39.6 Å². The molecule has 0 aromatic heterocycles. The van der Waals surface area contributed by atoms with Gasteiger partial charge in [0.05, 0.1) is 12.7 Å². The van der Waals surface area contributed by atoms with Crippen LogP contribution in [0.1, 0.15) is 53.4 Å². The monoisotopic (exact) mass is 267 g/mol. The highest BCUT2D eigenvalue weighted by molar-refractivity contribution is 4.97. The van der Waals surface area contributed by atoms with Crippen molar-refractivity contribution in [2.45, 2.75) is 59.5 Å². The molecule has 1 N–H and O–H groups in total. The predicted octanol–water partition coefficient (Wildman–Crippen LogP) is 4.02. The SMILES string of the molecule is C=C(CNCCC)COC1CC(C)CCC1C(C)C. The second-order valence-corrected chi connectivity index (χ2v) is 6.60. The molecule has 0 spiro atoms. The molecule has 2 heteroatoms. The van der Waals surface area contributed by atoms with E-state index in [1.807, 2.05) is 0 Å². The van der Waals surface area contributed by atoms with Gasteiger partial charge in [0, 0.05) is 6.54 Å². The quantitative estimate of drug-likeness (QED) is 0.530. The molecule has 0 radical (unpaired) electrons. The molecule has 1 aliphatic carbocycles. The summed E-state index contributed by atoms with van der Waals surface area (Å²) in [6.45, 7) is 16.0. The number of hydrogen-bond donors (Lipinski definition) is 1. The Morgan fingerprint density at radius 3 is 2.74 bits per heavy atom. The molecule has 0 aromatic carbocycles. The van der Waals surface area contributed by atoms with Gasteiger partial charge in [0.2, 0.25) is 0 Å². The van der Waals surface area contributed by atoms with Crippen molar-refractivity contribution in [2.75, 3.05) is 19.7 Å². The molecule has 112 valence electrons. The Morgan fingerprint density at radius 2 is 2.11 bits per heavy atom. The summed E-state index contributed by atoms with van der Waals surface area (Å²) < 4.78 is 6.18. The van der Waals surface area contributed by atoms with Gasteiger partial charge in [-0.2, -0.15) is 0 Å². The number of rotatable bonds is 8. The second-order valence-electron chi connectivity index (χ2n) is 6.60. The molecule has 0 amide bonds. The van der Waals surface area contributed by atoms with E-state index in [4.69, 9.17) is 4.74 Å². The molecule has 1 aliphatic rings. The largest absolute Gasteiger partial charge is 0.374 e. The first-order chi connectivity index (χ1) is 9.04. The van der Waals surface area contributed by atoms with E-state index >= 15 is 0 Å². The minimum atomic E-state index is 0.437. The van der Waals surface area contributed by atoms with Gasteiger partial charge in [0.25, 0.3) is 0 Å². The van der Waals surface area contributed by atoms with Crippen LogP contribution in [0.3, 0.4) is 0 Å². The van der Waals surface area contributed by atoms with Crippen LogP contribution >= 0.6 is 0 Å². The van der Waals surface area contributed by atoms with Crippen LogP contribution in [0, 0.1) is 17.8 Å². The van der Waals surface area contributed by atoms with Crippen molar-refractivity contribution in [1.82, 2.24) is 5.32 Å². The van der Waals surface area contributed by atoms with Gasteiger partial charge in [-0.25, -0.2) is 0 Å². The fraction of sp³-hybridized carbons (Fsp3) is 0.882. The van der Waals surface area contributed by atoms with Gasteiger partial charge in [0.1, 0.15) is 0 Å². The van der Waals surface area contributed by atoms with E-state index in [-0.39, 0.29) is 0 Å². The third kappa shape index (κ3) is 6.09. The second kappa shape index (κ2) is 8.76. The van der Waals surface area contributed by atoms with Crippen molar-refractivity contribution in [3.63, 3.8) is 0 Å². The maximum atomic E-state index is 6.18. The van der Waals surface area contributed by atoms with Crippen molar-refractivity contribution >= 4 is 0 Å². The summed E-state index contributed by atoms with van der Waals surface area (Å²) in [7, 11) is 0. The fourth-order valence-corrected chi connectivity index (χ4v) is 3.02. The lowest BCUT2D eigenvalue weighted by molar-refractivity contribution is -0.0290. The minimum Gasteiger partial charge on any atom is -0.374 e. The Labute approximate surface area is 120 Å². The molecule has 2 nitrogen and oxygen atoms in total. The first-order valence-electron chi connectivity index (χ1n) is 8.03. The van der Waals surface area contributed by atoms with E-state index in [9.17, 15) is 0 Å². The van der Waals surface area contributed by atoms with E-state index in [0.29, 0.717) is 6.10 Å². The summed E-state index contributed by atoms with van der Waals surface area (Å²) in [5, 5.41) is 3.39. The van der Waals surface area contributed by atoms with Crippen LogP contribution in [0.5, 0.6) is 0 Å². The summed E-state index contributed by atoms with van der Waals surface area (Å²) in [5.74, 6) is 2.27. The fourth-order valence-electron chi connectivity index (χ4n) is 3.02. The van der Waals surface area contributed by atoms with E-state index in [0.717, 1.165) is 37.5 Å². The maximum absolute atomic E-state index is 6.18. The van der Waals surface area contributed by atoms with Gasteiger partial charge < -0.3 is 10.1 Å². The van der Waals surface area contributed by atoms with Crippen LogP contribution in [0.25, 0.3) is 0 Å². The van der Waals surface area contributed by atoms with Gasteiger partial charge >= 0.3 is 0 Å². The number of ether oxygens (including phenoxy) is 1. The predicted molar refractivity (Wildman–Crippen MR) is 83.4 cm³/mol.